The first-order valence-electron chi connectivity index (χ1n) is 7.01. The Labute approximate surface area is 101 Å². The van der Waals surface area contributed by atoms with Gasteiger partial charge < -0.3 is 10.1 Å². The topological polar surface area (TPSA) is 21.3 Å². The minimum atomic E-state index is 0.777. The maximum absolute atomic E-state index is 5.13. The third-order valence-corrected chi connectivity index (χ3v) is 3.65. The summed E-state index contributed by atoms with van der Waals surface area (Å²) >= 11 is 0. The van der Waals surface area contributed by atoms with E-state index in [-0.39, 0.29) is 0 Å². The maximum Gasteiger partial charge on any atom is 0.0463 e. The lowest BCUT2D eigenvalue weighted by molar-refractivity contribution is 0.135. The van der Waals surface area contributed by atoms with Crippen molar-refractivity contribution in [2.75, 3.05) is 26.3 Å². The predicted octanol–water partition coefficient (Wildman–Crippen LogP) is 3.22. The van der Waals surface area contributed by atoms with Gasteiger partial charge in [0.25, 0.3) is 0 Å². The lowest BCUT2D eigenvalue weighted by Crippen LogP contribution is -2.51. The summed E-state index contributed by atoms with van der Waals surface area (Å²) in [4.78, 5) is 0. The second-order valence-electron chi connectivity index (χ2n) is 5.56. The van der Waals surface area contributed by atoms with Gasteiger partial charge in [-0.15, -0.1) is 0 Å². The fourth-order valence-corrected chi connectivity index (χ4v) is 2.69. The molecule has 2 rings (SSSR count). The third kappa shape index (κ3) is 4.42. The van der Waals surface area contributed by atoms with E-state index in [4.69, 9.17) is 4.74 Å². The second kappa shape index (κ2) is 7.29. The Balaban J connectivity index is 0.000000168. The van der Waals surface area contributed by atoms with Crippen molar-refractivity contribution in [3.8, 4) is 0 Å². The van der Waals surface area contributed by atoms with Gasteiger partial charge in [-0.2, -0.15) is 0 Å². The standard InChI is InChI=1S/C8H15N.C6H14O/c1-7-2-3-8(4-7)5-9-6-8;1-3-5-7-6-4-2/h7,9H,2-6H2,1H3;3-6H2,1-2H3. The minimum Gasteiger partial charge on any atom is -0.381 e. The number of hydrogen-bond acceptors (Lipinski definition) is 2. The van der Waals surface area contributed by atoms with E-state index in [1.165, 1.54) is 32.4 Å². The van der Waals surface area contributed by atoms with Crippen LogP contribution >= 0.6 is 0 Å². The monoisotopic (exact) mass is 227 g/mol. The molecule has 0 aromatic rings. The van der Waals surface area contributed by atoms with Crippen LogP contribution in [-0.2, 0) is 4.74 Å². The zero-order valence-electron chi connectivity index (χ0n) is 11.3. The third-order valence-electron chi connectivity index (χ3n) is 3.65. The van der Waals surface area contributed by atoms with Crippen LogP contribution < -0.4 is 5.32 Å². The molecule has 0 aromatic carbocycles. The SMILES string of the molecule is CC1CCC2(CNC2)C1.CCCOCCC. The Kier molecular flexibility index (Phi) is 6.37. The van der Waals surface area contributed by atoms with Gasteiger partial charge in [0, 0.05) is 26.3 Å². The molecule has 1 saturated carbocycles. The van der Waals surface area contributed by atoms with Gasteiger partial charge in [0.2, 0.25) is 0 Å². The highest BCUT2D eigenvalue weighted by molar-refractivity contribution is 4.97. The van der Waals surface area contributed by atoms with E-state index >= 15 is 0 Å². The minimum absolute atomic E-state index is 0.777. The molecule has 1 atom stereocenters. The fraction of sp³-hybridized carbons (Fsp3) is 1.00. The zero-order chi connectivity index (χ0) is 11.9. The highest BCUT2D eigenvalue weighted by atomic mass is 16.5. The summed E-state index contributed by atoms with van der Waals surface area (Å²) in [5.41, 5.74) is 0.777. The predicted molar refractivity (Wildman–Crippen MR) is 69.7 cm³/mol. The second-order valence-corrected chi connectivity index (χ2v) is 5.56. The molecule has 0 amide bonds. The van der Waals surface area contributed by atoms with Crippen LogP contribution in [0.3, 0.4) is 0 Å². The first-order valence-corrected chi connectivity index (χ1v) is 7.01. The molecule has 1 aliphatic carbocycles. The zero-order valence-corrected chi connectivity index (χ0v) is 11.3. The lowest BCUT2D eigenvalue weighted by atomic mass is 9.80. The van der Waals surface area contributed by atoms with Crippen LogP contribution in [0.1, 0.15) is 52.9 Å². The van der Waals surface area contributed by atoms with Crippen LogP contribution in [0.15, 0.2) is 0 Å². The molecule has 2 aliphatic rings. The van der Waals surface area contributed by atoms with Crippen LogP contribution in [0.4, 0.5) is 0 Å². The van der Waals surface area contributed by atoms with E-state index in [9.17, 15) is 0 Å². The number of rotatable bonds is 4. The summed E-state index contributed by atoms with van der Waals surface area (Å²) in [5, 5.41) is 3.36. The summed E-state index contributed by atoms with van der Waals surface area (Å²) in [7, 11) is 0. The molecular formula is C14H29NO. The van der Waals surface area contributed by atoms with E-state index in [1.807, 2.05) is 0 Å². The van der Waals surface area contributed by atoms with Gasteiger partial charge in [0.05, 0.1) is 0 Å². The molecule has 2 fully saturated rings. The van der Waals surface area contributed by atoms with Crippen molar-refractivity contribution >= 4 is 0 Å². The number of hydrogen-bond donors (Lipinski definition) is 1. The molecule has 2 heteroatoms. The Morgan fingerprint density at radius 1 is 1.19 bits per heavy atom. The van der Waals surface area contributed by atoms with Crippen LogP contribution in [0.2, 0.25) is 0 Å². The van der Waals surface area contributed by atoms with Crippen LogP contribution in [0.5, 0.6) is 0 Å². The normalized spacial score (nSPS) is 26.1. The first-order chi connectivity index (χ1) is 7.72. The van der Waals surface area contributed by atoms with Crippen molar-refractivity contribution in [2.24, 2.45) is 11.3 Å². The van der Waals surface area contributed by atoms with Crippen molar-refractivity contribution in [3.05, 3.63) is 0 Å². The van der Waals surface area contributed by atoms with Gasteiger partial charge in [-0.3, -0.25) is 0 Å². The van der Waals surface area contributed by atoms with Crippen molar-refractivity contribution in [1.82, 2.24) is 5.32 Å². The molecule has 1 unspecified atom stereocenters. The molecule has 1 heterocycles. The van der Waals surface area contributed by atoms with Crippen molar-refractivity contribution in [3.63, 3.8) is 0 Å². The highest BCUT2D eigenvalue weighted by Crippen LogP contribution is 2.43. The van der Waals surface area contributed by atoms with Crippen LogP contribution in [0, 0.1) is 11.3 Å². The van der Waals surface area contributed by atoms with E-state index in [0.717, 1.165) is 37.4 Å². The molecule has 96 valence electrons. The Bertz CT molecular complexity index is 174. The average Bonchev–Trinajstić information content (AvgIpc) is 2.62. The van der Waals surface area contributed by atoms with Crippen LogP contribution in [-0.4, -0.2) is 26.3 Å². The molecule has 16 heavy (non-hydrogen) atoms. The van der Waals surface area contributed by atoms with Gasteiger partial charge in [-0.25, -0.2) is 0 Å². The molecule has 1 aliphatic heterocycles. The summed E-state index contributed by atoms with van der Waals surface area (Å²) in [5.74, 6) is 1.01. The van der Waals surface area contributed by atoms with E-state index in [1.54, 1.807) is 0 Å². The van der Waals surface area contributed by atoms with Gasteiger partial charge in [0.15, 0.2) is 0 Å². The smallest absolute Gasteiger partial charge is 0.0463 e. The molecule has 0 aromatic heterocycles. The largest absolute Gasteiger partial charge is 0.381 e. The number of nitrogens with one attached hydrogen (secondary N) is 1. The molecular weight excluding hydrogens is 198 g/mol. The molecule has 1 saturated heterocycles. The summed E-state index contributed by atoms with van der Waals surface area (Å²) in [6.45, 7) is 11.1. The highest BCUT2D eigenvalue weighted by Gasteiger charge is 2.41. The number of ether oxygens (including phenoxy) is 1. The van der Waals surface area contributed by atoms with Crippen molar-refractivity contribution < 1.29 is 4.74 Å². The first kappa shape index (κ1) is 14.0. The van der Waals surface area contributed by atoms with E-state index in [2.05, 4.69) is 26.1 Å². The van der Waals surface area contributed by atoms with E-state index < -0.39 is 0 Å². The summed E-state index contributed by atoms with van der Waals surface area (Å²) in [6, 6.07) is 0. The molecule has 2 nitrogen and oxygen atoms in total. The Hall–Kier alpha value is -0.0800. The molecule has 0 bridgehead atoms. The lowest BCUT2D eigenvalue weighted by Gasteiger charge is -2.39. The van der Waals surface area contributed by atoms with E-state index in [0.29, 0.717) is 0 Å². The Morgan fingerprint density at radius 2 is 1.81 bits per heavy atom. The van der Waals surface area contributed by atoms with Gasteiger partial charge in [0.1, 0.15) is 0 Å². The van der Waals surface area contributed by atoms with Crippen molar-refractivity contribution in [2.45, 2.75) is 52.9 Å². The molecule has 1 N–H and O–H groups in total. The Morgan fingerprint density at radius 3 is 2.06 bits per heavy atom. The van der Waals surface area contributed by atoms with Crippen LogP contribution in [0.25, 0.3) is 0 Å². The van der Waals surface area contributed by atoms with Gasteiger partial charge >= 0.3 is 0 Å². The quantitative estimate of drug-likeness (QED) is 0.745. The molecule has 1 spiro atoms. The molecule has 0 radical (unpaired) electrons. The van der Waals surface area contributed by atoms with Gasteiger partial charge in [-0.1, -0.05) is 27.2 Å². The van der Waals surface area contributed by atoms with Crippen molar-refractivity contribution in [1.29, 1.82) is 0 Å². The summed E-state index contributed by atoms with van der Waals surface area (Å²) < 4.78 is 5.13. The summed E-state index contributed by atoms with van der Waals surface area (Å²) in [6.07, 6.45) is 6.73. The average molecular weight is 227 g/mol. The van der Waals surface area contributed by atoms with Gasteiger partial charge in [-0.05, 0) is 37.0 Å². The fourth-order valence-electron chi connectivity index (χ4n) is 2.69. The maximum atomic E-state index is 5.13.